The summed E-state index contributed by atoms with van der Waals surface area (Å²) in [6.45, 7) is 0. The predicted molar refractivity (Wildman–Crippen MR) is 141 cm³/mol. The Bertz CT molecular complexity index is 1330. The van der Waals surface area contributed by atoms with Crippen LogP contribution in [-0.2, 0) is 27.2 Å². The lowest BCUT2D eigenvalue weighted by Gasteiger charge is -2.10. The molecular weight excluding hydrogens is 553 g/mol. The van der Waals surface area contributed by atoms with Crippen LogP contribution < -0.4 is 14.2 Å². The normalized spacial score (nSPS) is 11.4. The van der Waals surface area contributed by atoms with Crippen LogP contribution in [0, 0.1) is 0 Å². The van der Waals surface area contributed by atoms with E-state index in [1.807, 2.05) is 36.4 Å². The summed E-state index contributed by atoms with van der Waals surface area (Å²) in [6, 6.07) is 27.1. The zero-order valence-electron chi connectivity index (χ0n) is 21.1. The first-order chi connectivity index (χ1) is 18.5. The van der Waals surface area contributed by atoms with Crippen LogP contribution in [0.5, 0.6) is 17.2 Å². The van der Waals surface area contributed by atoms with Gasteiger partial charge in [0.1, 0.15) is 27.4 Å². The second kappa shape index (κ2) is 12.9. The van der Waals surface area contributed by atoms with Gasteiger partial charge in [0.2, 0.25) is 0 Å². The zero-order valence-corrected chi connectivity index (χ0v) is 22.8. The van der Waals surface area contributed by atoms with Gasteiger partial charge < -0.3 is 18.8 Å². The van der Waals surface area contributed by atoms with Crippen molar-refractivity contribution in [1.82, 2.24) is 0 Å². The Balaban J connectivity index is 0.000000255. The molecule has 0 saturated carbocycles. The van der Waals surface area contributed by atoms with E-state index in [1.54, 1.807) is 21.3 Å². The minimum Gasteiger partial charge on any atom is -0.744 e. The molecule has 6 nitrogen and oxygen atoms in total. The summed E-state index contributed by atoms with van der Waals surface area (Å²) in [7, 11) is 0.152. The maximum Gasteiger partial charge on any atom is 0.416 e. The highest BCUT2D eigenvalue weighted by Gasteiger charge is 2.30. The van der Waals surface area contributed by atoms with Gasteiger partial charge in [-0.3, -0.25) is 0 Å². The van der Waals surface area contributed by atoms with Gasteiger partial charge in [-0.2, -0.15) is 13.2 Å². The van der Waals surface area contributed by atoms with Crippen LogP contribution >= 0.6 is 0 Å². The van der Waals surface area contributed by atoms with Crippen molar-refractivity contribution in [3.8, 4) is 17.2 Å². The van der Waals surface area contributed by atoms with Crippen LogP contribution in [-0.4, -0.2) is 34.3 Å². The molecule has 0 aromatic heterocycles. The molecule has 0 fully saturated rings. The van der Waals surface area contributed by atoms with Crippen molar-refractivity contribution in [3.05, 3.63) is 103 Å². The van der Waals surface area contributed by atoms with Crippen LogP contribution in [0.25, 0.3) is 0 Å². The van der Waals surface area contributed by atoms with Crippen LogP contribution in [0.4, 0.5) is 13.2 Å². The molecule has 0 radical (unpaired) electrons. The van der Waals surface area contributed by atoms with Gasteiger partial charge in [0.15, 0.2) is 14.7 Å². The van der Waals surface area contributed by atoms with Gasteiger partial charge in [-0.1, -0.05) is 0 Å². The van der Waals surface area contributed by atoms with E-state index in [4.69, 9.17) is 14.2 Å². The van der Waals surface area contributed by atoms with E-state index < -0.39 is 26.8 Å². The van der Waals surface area contributed by atoms with Crippen molar-refractivity contribution in [1.29, 1.82) is 0 Å². The van der Waals surface area contributed by atoms with E-state index in [0.29, 0.717) is 24.3 Å². The summed E-state index contributed by atoms with van der Waals surface area (Å²) in [5, 5.41) is 0. The SMILES string of the molecule is COc1ccc([S+](c2ccc(OC)cc2)c2ccc(OC)cc2)cc1.O=S(=O)([O-])c1ccc(C(F)(F)F)cc1. The van der Waals surface area contributed by atoms with Gasteiger partial charge in [-0.25, -0.2) is 8.42 Å². The van der Waals surface area contributed by atoms with Gasteiger partial charge in [-0.15, -0.1) is 0 Å². The smallest absolute Gasteiger partial charge is 0.416 e. The first kappa shape index (κ1) is 29.9. The lowest BCUT2D eigenvalue weighted by atomic mass is 10.2. The standard InChI is InChI=1S/C21H21O3S.C7H5F3O3S/c1-22-16-4-10-19(11-5-16)25(20-12-6-17(23-2)7-13-20)21-14-8-18(24-3)9-15-21;8-7(9,10)5-1-3-6(4-2-5)14(11,12)13/h4-15H,1-3H3;1-4H,(H,11,12,13)/q+1;/p-1. The van der Waals surface area contributed by atoms with E-state index in [0.717, 1.165) is 17.2 Å². The van der Waals surface area contributed by atoms with Crippen LogP contribution in [0.15, 0.2) is 117 Å². The Labute approximate surface area is 228 Å². The molecule has 4 aromatic carbocycles. The largest absolute Gasteiger partial charge is 0.744 e. The molecule has 0 bridgehead atoms. The van der Waals surface area contributed by atoms with E-state index >= 15 is 0 Å². The van der Waals surface area contributed by atoms with Crippen molar-refractivity contribution >= 4 is 21.0 Å². The van der Waals surface area contributed by atoms with Gasteiger partial charge in [0.05, 0.1) is 42.7 Å². The van der Waals surface area contributed by atoms with Crippen molar-refractivity contribution in [2.45, 2.75) is 25.8 Å². The molecule has 0 amide bonds. The molecule has 0 heterocycles. The van der Waals surface area contributed by atoms with E-state index in [-0.39, 0.29) is 10.9 Å². The molecule has 0 unspecified atom stereocenters. The average Bonchev–Trinajstić information content (AvgIpc) is 2.94. The van der Waals surface area contributed by atoms with E-state index in [9.17, 15) is 26.1 Å². The van der Waals surface area contributed by atoms with Crippen LogP contribution in [0.1, 0.15) is 5.56 Å². The molecule has 4 aromatic rings. The van der Waals surface area contributed by atoms with Crippen LogP contribution in [0.2, 0.25) is 0 Å². The third-order valence-corrected chi connectivity index (χ3v) is 8.44. The third kappa shape index (κ3) is 8.16. The maximum atomic E-state index is 12.0. The third-order valence-electron chi connectivity index (χ3n) is 5.36. The highest BCUT2D eigenvalue weighted by molar-refractivity contribution is 7.97. The molecule has 0 saturated heterocycles. The molecule has 0 spiro atoms. The lowest BCUT2D eigenvalue weighted by molar-refractivity contribution is -0.137. The molecular formula is C28H25F3O6S2. The molecule has 0 aliphatic rings. The summed E-state index contributed by atoms with van der Waals surface area (Å²) >= 11 is 0. The maximum absolute atomic E-state index is 12.0. The Morgan fingerprint density at radius 3 is 1.13 bits per heavy atom. The van der Waals surface area contributed by atoms with Crippen LogP contribution in [0.3, 0.4) is 0 Å². The number of rotatable bonds is 7. The van der Waals surface area contributed by atoms with Gasteiger partial charge in [0, 0.05) is 0 Å². The summed E-state index contributed by atoms with van der Waals surface area (Å²) < 4.78 is 82.9. The fourth-order valence-electron chi connectivity index (χ4n) is 3.35. The average molecular weight is 579 g/mol. The fraction of sp³-hybridized carbons (Fsp3) is 0.143. The minimum absolute atomic E-state index is 0.212. The zero-order chi connectivity index (χ0) is 28.6. The fourth-order valence-corrected chi connectivity index (χ4v) is 5.86. The number of ether oxygens (including phenoxy) is 3. The second-order valence-electron chi connectivity index (χ2n) is 7.81. The Kier molecular flexibility index (Phi) is 9.90. The predicted octanol–water partition coefficient (Wildman–Crippen LogP) is 6.42. The number of methoxy groups -OCH3 is 3. The van der Waals surface area contributed by atoms with E-state index in [1.165, 1.54) is 14.7 Å². The second-order valence-corrected chi connectivity index (χ2v) is 11.2. The molecule has 39 heavy (non-hydrogen) atoms. The number of halogens is 3. The van der Waals surface area contributed by atoms with Crippen molar-refractivity contribution in [3.63, 3.8) is 0 Å². The summed E-state index contributed by atoms with van der Waals surface area (Å²) in [5.74, 6) is 2.57. The van der Waals surface area contributed by atoms with Gasteiger partial charge in [-0.05, 0) is 97.1 Å². The number of benzene rings is 4. The molecule has 206 valence electrons. The summed E-state index contributed by atoms with van der Waals surface area (Å²) in [6.07, 6.45) is -4.54. The highest BCUT2D eigenvalue weighted by Crippen LogP contribution is 2.34. The Morgan fingerprint density at radius 1 is 0.590 bits per heavy atom. The van der Waals surface area contributed by atoms with Crippen molar-refractivity contribution in [2.75, 3.05) is 21.3 Å². The molecule has 0 N–H and O–H groups in total. The molecule has 0 aliphatic heterocycles. The molecule has 0 atom stereocenters. The lowest BCUT2D eigenvalue weighted by Crippen LogP contribution is -2.05. The molecule has 4 rings (SSSR count). The number of hydrogen-bond acceptors (Lipinski definition) is 6. The minimum atomic E-state index is -4.68. The first-order valence-electron chi connectivity index (χ1n) is 11.3. The molecule has 11 heteroatoms. The number of hydrogen-bond donors (Lipinski definition) is 0. The van der Waals surface area contributed by atoms with Crippen molar-refractivity contribution in [2.24, 2.45) is 0 Å². The topological polar surface area (TPSA) is 84.9 Å². The number of alkyl halides is 3. The Morgan fingerprint density at radius 2 is 0.897 bits per heavy atom. The summed E-state index contributed by atoms with van der Waals surface area (Å²) in [5.41, 5.74) is -0.995. The monoisotopic (exact) mass is 578 g/mol. The first-order valence-corrected chi connectivity index (χ1v) is 13.9. The summed E-state index contributed by atoms with van der Waals surface area (Å²) in [4.78, 5) is 3.02. The van der Waals surface area contributed by atoms with Crippen molar-refractivity contribution < 1.29 is 40.4 Å². The quantitative estimate of drug-likeness (QED) is 0.186. The van der Waals surface area contributed by atoms with Gasteiger partial charge >= 0.3 is 6.18 Å². The Hall–Kier alpha value is -3.67. The molecule has 0 aliphatic carbocycles. The highest BCUT2D eigenvalue weighted by atomic mass is 32.2. The van der Waals surface area contributed by atoms with Gasteiger partial charge in [0.25, 0.3) is 0 Å². The van der Waals surface area contributed by atoms with E-state index in [2.05, 4.69) is 36.4 Å².